The van der Waals surface area contributed by atoms with Crippen LogP contribution in [0.1, 0.15) is 19.4 Å². The number of rotatable bonds is 6. The van der Waals surface area contributed by atoms with Crippen LogP contribution in [0.5, 0.6) is 5.75 Å². The van der Waals surface area contributed by atoms with Gasteiger partial charge in [-0.05, 0) is 0 Å². The van der Waals surface area contributed by atoms with E-state index in [0.29, 0.717) is 0 Å². The summed E-state index contributed by atoms with van der Waals surface area (Å²) in [6.07, 6.45) is 0. The second kappa shape index (κ2) is 8.55. The van der Waals surface area contributed by atoms with Crippen LogP contribution >= 0.6 is 22.9 Å². The first-order chi connectivity index (χ1) is 14.1. The number of halogens is 1. The van der Waals surface area contributed by atoms with E-state index < -0.39 is 14.7 Å². The van der Waals surface area contributed by atoms with Crippen LogP contribution in [-0.4, -0.2) is 26.7 Å². The number of aromatic nitrogens is 1. The molecule has 0 spiro atoms. The minimum atomic E-state index is -0.841. The van der Waals surface area contributed by atoms with Gasteiger partial charge in [0.05, 0.1) is 0 Å². The van der Waals surface area contributed by atoms with Crippen LogP contribution in [-0.2, 0) is 5.21 Å². The van der Waals surface area contributed by atoms with Gasteiger partial charge in [0.1, 0.15) is 0 Å². The van der Waals surface area contributed by atoms with E-state index in [-0.39, 0.29) is 5.56 Å². The molecule has 0 bridgehead atoms. The van der Waals surface area contributed by atoms with Crippen LogP contribution in [0, 0.1) is 0 Å². The Morgan fingerprint density at radius 3 is 2.62 bits per heavy atom. The summed E-state index contributed by atoms with van der Waals surface area (Å²) >= 11 is 7.35. The first kappa shape index (κ1) is 20.5. The van der Waals surface area contributed by atoms with Gasteiger partial charge >= 0.3 is 184 Å². The Bertz CT molecular complexity index is 1240. The van der Waals surface area contributed by atoms with Gasteiger partial charge in [-0.25, -0.2) is 0 Å². The summed E-state index contributed by atoms with van der Waals surface area (Å²) in [7, 11) is 1.68. The van der Waals surface area contributed by atoms with Gasteiger partial charge in [0, 0.05) is 0 Å². The number of methoxy groups -OCH3 is 1. The first-order valence-corrected chi connectivity index (χ1v) is 14.9. The van der Waals surface area contributed by atoms with Gasteiger partial charge in [0.2, 0.25) is 0 Å². The standard InChI is InChI=1S/C23H23AsClNO2S/c1-4-24(5-2)13-15-7-6-14(12-17(15)25)20-19(28-3)9-8-18-21(20)16-10-11-29-22(16)23(27)26-18/h6-12H,4-5,13H2,1-3H3,(H,26,27). The molecule has 4 aromatic rings. The number of hydrogen-bond donors (Lipinski definition) is 1. The average Bonchev–Trinajstić information content (AvgIpc) is 3.23. The second-order valence-electron chi connectivity index (χ2n) is 6.95. The summed E-state index contributed by atoms with van der Waals surface area (Å²) < 4.78 is 6.44. The molecule has 0 saturated carbocycles. The number of thiophene rings is 1. The summed E-state index contributed by atoms with van der Waals surface area (Å²) in [6, 6.07) is 12.2. The number of benzene rings is 2. The van der Waals surface area contributed by atoms with Crippen LogP contribution in [0.25, 0.3) is 32.1 Å². The van der Waals surface area contributed by atoms with Crippen molar-refractivity contribution in [3.8, 4) is 16.9 Å². The Morgan fingerprint density at radius 1 is 1.14 bits per heavy atom. The molecule has 1 N–H and O–H groups in total. The van der Waals surface area contributed by atoms with Crippen molar-refractivity contribution in [2.45, 2.75) is 29.5 Å². The monoisotopic (exact) mass is 487 g/mol. The fourth-order valence-corrected chi connectivity index (χ4v) is 8.52. The van der Waals surface area contributed by atoms with Gasteiger partial charge in [-0.15, -0.1) is 0 Å². The molecule has 2 aromatic carbocycles. The van der Waals surface area contributed by atoms with Gasteiger partial charge in [-0.2, -0.15) is 0 Å². The molecule has 2 heterocycles. The third-order valence-electron chi connectivity index (χ3n) is 5.41. The molecule has 2 aromatic heterocycles. The van der Waals surface area contributed by atoms with Crippen LogP contribution in [0.4, 0.5) is 0 Å². The molecular formula is C23H23AsClNO2S. The molecule has 6 heteroatoms. The molecule has 0 radical (unpaired) electrons. The number of ether oxygens (including phenoxy) is 1. The zero-order chi connectivity index (χ0) is 20.5. The van der Waals surface area contributed by atoms with Crippen molar-refractivity contribution in [1.29, 1.82) is 0 Å². The summed E-state index contributed by atoms with van der Waals surface area (Å²) in [5.41, 5.74) is 3.97. The zero-order valence-electron chi connectivity index (χ0n) is 16.7. The van der Waals surface area contributed by atoms with E-state index in [0.717, 1.165) is 48.1 Å². The number of fused-ring (bicyclic) bond motifs is 3. The van der Waals surface area contributed by atoms with Crippen LogP contribution in [0.3, 0.4) is 0 Å². The zero-order valence-corrected chi connectivity index (χ0v) is 20.2. The Balaban J connectivity index is 1.94. The van der Waals surface area contributed by atoms with E-state index >= 15 is 0 Å². The van der Waals surface area contributed by atoms with Crippen LogP contribution in [0.15, 0.2) is 46.6 Å². The van der Waals surface area contributed by atoms with Gasteiger partial charge in [0.15, 0.2) is 0 Å². The predicted octanol–water partition coefficient (Wildman–Crippen LogP) is 6.69. The van der Waals surface area contributed by atoms with Crippen LogP contribution < -0.4 is 10.3 Å². The van der Waals surface area contributed by atoms with E-state index in [9.17, 15) is 4.79 Å². The topological polar surface area (TPSA) is 42.1 Å². The van der Waals surface area contributed by atoms with Gasteiger partial charge in [-0.3, -0.25) is 0 Å². The molecule has 0 aliphatic rings. The maximum absolute atomic E-state index is 12.4. The van der Waals surface area contributed by atoms with Gasteiger partial charge in [0.25, 0.3) is 0 Å². The number of nitrogens with one attached hydrogen (secondary N) is 1. The van der Waals surface area contributed by atoms with E-state index in [1.54, 1.807) is 7.11 Å². The fourth-order valence-electron chi connectivity index (χ4n) is 3.80. The molecule has 0 aliphatic heterocycles. The third kappa shape index (κ3) is 3.74. The quantitative estimate of drug-likeness (QED) is 0.308. The summed E-state index contributed by atoms with van der Waals surface area (Å²) in [5.74, 6) is 0.774. The van der Waals surface area contributed by atoms with E-state index in [1.165, 1.54) is 27.3 Å². The van der Waals surface area contributed by atoms with Crippen molar-refractivity contribution in [2.75, 3.05) is 7.11 Å². The fraction of sp³-hybridized carbons (Fsp3) is 0.261. The van der Waals surface area contributed by atoms with E-state index in [4.69, 9.17) is 16.3 Å². The van der Waals surface area contributed by atoms with Crippen molar-refractivity contribution in [2.24, 2.45) is 0 Å². The van der Waals surface area contributed by atoms with Gasteiger partial charge in [-0.1, -0.05) is 0 Å². The number of hydrogen-bond acceptors (Lipinski definition) is 3. The van der Waals surface area contributed by atoms with E-state index in [1.807, 2.05) is 23.6 Å². The number of H-pyrrole nitrogens is 1. The summed E-state index contributed by atoms with van der Waals surface area (Å²) in [4.78, 5) is 15.4. The Hall–Kier alpha value is -1.74. The second-order valence-corrected chi connectivity index (χ2v) is 14.4. The molecule has 0 atom stereocenters. The van der Waals surface area contributed by atoms with Crippen molar-refractivity contribution in [3.63, 3.8) is 0 Å². The van der Waals surface area contributed by atoms with Crippen molar-refractivity contribution in [3.05, 3.63) is 62.7 Å². The average molecular weight is 488 g/mol. The Morgan fingerprint density at radius 2 is 1.93 bits per heavy atom. The van der Waals surface area contributed by atoms with Crippen molar-refractivity contribution >= 4 is 58.6 Å². The third-order valence-corrected chi connectivity index (χ3v) is 12.1. The molecule has 0 unspecified atom stereocenters. The molecule has 3 nitrogen and oxygen atoms in total. The molecular weight excluding hydrogens is 465 g/mol. The molecule has 0 saturated heterocycles. The molecule has 4 rings (SSSR count). The molecule has 0 amide bonds. The van der Waals surface area contributed by atoms with Gasteiger partial charge < -0.3 is 0 Å². The molecule has 150 valence electrons. The minimum absolute atomic E-state index is 0.0534. The number of aromatic amines is 1. The summed E-state index contributed by atoms with van der Waals surface area (Å²) in [6.45, 7) is 4.58. The predicted molar refractivity (Wildman–Crippen MR) is 127 cm³/mol. The first-order valence-electron chi connectivity index (χ1n) is 9.68. The maximum atomic E-state index is 12.4. The van der Waals surface area contributed by atoms with Crippen molar-refractivity contribution < 1.29 is 4.74 Å². The normalized spacial score (nSPS) is 11.6. The SMILES string of the molecule is CC[As](CC)Cc1ccc(-c2c(OC)ccc3[nH]c(=O)c4sccc4c23)cc1Cl. The van der Waals surface area contributed by atoms with E-state index in [2.05, 4.69) is 37.0 Å². The number of pyridine rings is 1. The molecule has 29 heavy (non-hydrogen) atoms. The Kier molecular flexibility index (Phi) is 6.05. The van der Waals surface area contributed by atoms with Crippen LogP contribution in [0.2, 0.25) is 15.4 Å². The molecule has 0 fully saturated rings. The summed E-state index contributed by atoms with van der Waals surface area (Å²) in [5, 5.41) is 8.44. The van der Waals surface area contributed by atoms with Crippen molar-refractivity contribution in [1.82, 2.24) is 4.98 Å². The molecule has 0 aliphatic carbocycles. The Labute approximate surface area is 183 Å².